The van der Waals surface area contributed by atoms with E-state index < -0.39 is 0 Å². The van der Waals surface area contributed by atoms with Crippen LogP contribution in [0.5, 0.6) is 0 Å². The van der Waals surface area contributed by atoms with Crippen LogP contribution in [-0.2, 0) is 6.42 Å². The molecule has 0 unspecified atom stereocenters. The van der Waals surface area contributed by atoms with Gasteiger partial charge in [-0.2, -0.15) is 0 Å². The Kier molecular flexibility index (Phi) is 4.00. The van der Waals surface area contributed by atoms with Crippen LogP contribution >= 0.6 is 33.9 Å². The molecule has 2 heterocycles. The van der Waals surface area contributed by atoms with Gasteiger partial charge in [0.05, 0.1) is 9.08 Å². The van der Waals surface area contributed by atoms with Gasteiger partial charge in [0.1, 0.15) is 0 Å². The van der Waals surface area contributed by atoms with E-state index in [0.29, 0.717) is 0 Å². The highest BCUT2D eigenvalue weighted by atomic mass is 127. The number of rotatable bonds is 6. The predicted octanol–water partition coefficient (Wildman–Crippen LogP) is 3.69. The molecule has 1 fully saturated rings. The molecule has 0 amide bonds. The third-order valence-electron chi connectivity index (χ3n) is 2.98. The van der Waals surface area contributed by atoms with Gasteiger partial charge in [0.2, 0.25) is 0 Å². The minimum Gasteiger partial charge on any atom is -0.441 e. The van der Waals surface area contributed by atoms with Crippen LogP contribution in [0.15, 0.2) is 22.1 Å². The number of aryl methyl sites for hydroxylation is 1. The minimum absolute atomic E-state index is 0.790. The molecular formula is C13H15IN2OS. The average molecular weight is 374 g/mol. The Labute approximate surface area is 124 Å². The normalized spacial score (nSPS) is 15.2. The van der Waals surface area contributed by atoms with E-state index in [2.05, 4.69) is 44.3 Å². The maximum atomic E-state index is 5.77. The number of nitrogens with one attached hydrogen (secondary N) is 1. The number of aromatic nitrogens is 1. The third kappa shape index (κ3) is 3.33. The molecule has 2 aromatic rings. The van der Waals surface area contributed by atoms with Gasteiger partial charge in [0, 0.05) is 23.4 Å². The molecule has 0 spiro atoms. The van der Waals surface area contributed by atoms with Crippen LogP contribution in [0.1, 0.15) is 25.2 Å². The van der Waals surface area contributed by atoms with E-state index >= 15 is 0 Å². The second-order valence-corrected chi connectivity index (χ2v) is 7.40. The summed E-state index contributed by atoms with van der Waals surface area (Å²) in [6, 6.07) is 2.92. The maximum absolute atomic E-state index is 5.77. The lowest BCUT2D eigenvalue weighted by Crippen LogP contribution is -2.17. The van der Waals surface area contributed by atoms with Gasteiger partial charge in [-0.15, -0.1) is 11.3 Å². The quantitative estimate of drug-likeness (QED) is 0.619. The van der Waals surface area contributed by atoms with Crippen molar-refractivity contribution in [2.45, 2.75) is 31.7 Å². The largest absolute Gasteiger partial charge is 0.441 e. The van der Waals surface area contributed by atoms with Crippen LogP contribution in [0.25, 0.3) is 11.3 Å². The Morgan fingerprint density at radius 1 is 1.50 bits per heavy atom. The fourth-order valence-electron chi connectivity index (χ4n) is 1.83. The first-order valence-corrected chi connectivity index (χ1v) is 8.19. The monoisotopic (exact) mass is 374 g/mol. The molecule has 0 bridgehead atoms. The number of oxazole rings is 1. The highest BCUT2D eigenvalue weighted by molar-refractivity contribution is 14.1. The highest BCUT2D eigenvalue weighted by Crippen LogP contribution is 2.27. The van der Waals surface area contributed by atoms with Crippen LogP contribution in [0.2, 0.25) is 0 Å². The van der Waals surface area contributed by atoms with Crippen molar-refractivity contribution in [2.75, 3.05) is 6.54 Å². The lowest BCUT2D eigenvalue weighted by Gasteiger charge is -1.99. The topological polar surface area (TPSA) is 38.1 Å². The van der Waals surface area contributed by atoms with E-state index in [1.165, 1.54) is 15.7 Å². The highest BCUT2D eigenvalue weighted by Gasteiger charge is 2.19. The molecule has 1 aliphatic carbocycles. The first-order valence-electron chi connectivity index (χ1n) is 6.24. The Bertz CT molecular complexity index is 519. The molecule has 18 heavy (non-hydrogen) atoms. The number of nitrogens with zero attached hydrogens (tertiary/aromatic N) is 1. The first kappa shape index (κ1) is 12.6. The van der Waals surface area contributed by atoms with E-state index in [4.69, 9.17) is 4.42 Å². The number of thiophene rings is 1. The van der Waals surface area contributed by atoms with E-state index in [9.17, 15) is 0 Å². The molecule has 3 nitrogen and oxygen atoms in total. The van der Waals surface area contributed by atoms with Crippen molar-refractivity contribution in [3.8, 4) is 11.3 Å². The Morgan fingerprint density at radius 3 is 3.11 bits per heavy atom. The molecule has 0 aliphatic heterocycles. The summed E-state index contributed by atoms with van der Waals surface area (Å²) >= 11 is 4.05. The molecule has 1 N–H and O–H groups in total. The Balaban J connectivity index is 1.52. The molecule has 3 rings (SSSR count). The predicted molar refractivity (Wildman–Crippen MR) is 81.9 cm³/mol. The summed E-state index contributed by atoms with van der Waals surface area (Å²) < 4.78 is 7.04. The second-order valence-electron chi connectivity index (χ2n) is 4.59. The summed E-state index contributed by atoms with van der Waals surface area (Å²) in [6.45, 7) is 1.07. The summed E-state index contributed by atoms with van der Waals surface area (Å²) in [4.78, 5) is 4.34. The zero-order chi connectivity index (χ0) is 12.4. The van der Waals surface area contributed by atoms with Crippen molar-refractivity contribution in [2.24, 2.45) is 0 Å². The standard InChI is InChI=1S/C13H15IN2OS/c14-12-6-9(8-18-12)11-7-16-13(17-11)2-1-5-15-10-3-4-10/h6-8,10,15H,1-5H2. The zero-order valence-electron chi connectivity index (χ0n) is 9.99. The van der Waals surface area contributed by atoms with Crippen molar-refractivity contribution in [1.29, 1.82) is 0 Å². The van der Waals surface area contributed by atoms with E-state index in [-0.39, 0.29) is 0 Å². The molecule has 5 heteroatoms. The van der Waals surface area contributed by atoms with Crippen molar-refractivity contribution < 1.29 is 4.42 Å². The maximum Gasteiger partial charge on any atom is 0.194 e. The third-order valence-corrected chi connectivity index (χ3v) is 4.77. The summed E-state index contributed by atoms with van der Waals surface area (Å²) in [7, 11) is 0. The zero-order valence-corrected chi connectivity index (χ0v) is 13.0. The second kappa shape index (κ2) is 5.71. The van der Waals surface area contributed by atoms with Gasteiger partial charge in [0.25, 0.3) is 0 Å². The molecule has 1 saturated carbocycles. The van der Waals surface area contributed by atoms with Gasteiger partial charge in [0.15, 0.2) is 11.7 Å². The number of hydrogen-bond donors (Lipinski definition) is 1. The molecule has 0 saturated heterocycles. The molecular weight excluding hydrogens is 359 g/mol. The van der Waals surface area contributed by atoms with Crippen molar-refractivity contribution in [3.05, 3.63) is 26.4 Å². The van der Waals surface area contributed by atoms with Crippen molar-refractivity contribution in [3.63, 3.8) is 0 Å². The lowest BCUT2D eigenvalue weighted by molar-refractivity contribution is 0.491. The summed E-state index contributed by atoms with van der Waals surface area (Å²) in [5.74, 6) is 1.74. The Morgan fingerprint density at radius 2 is 2.39 bits per heavy atom. The van der Waals surface area contributed by atoms with Crippen LogP contribution in [0.4, 0.5) is 0 Å². The van der Waals surface area contributed by atoms with Gasteiger partial charge in [-0.3, -0.25) is 0 Å². The van der Waals surface area contributed by atoms with Gasteiger partial charge in [-0.1, -0.05) is 0 Å². The van der Waals surface area contributed by atoms with Crippen LogP contribution in [0, 0.1) is 2.88 Å². The molecule has 96 valence electrons. The van der Waals surface area contributed by atoms with E-state index in [1.807, 2.05) is 6.20 Å². The summed E-state index contributed by atoms with van der Waals surface area (Å²) in [6.07, 6.45) is 6.54. The van der Waals surface area contributed by atoms with Crippen LogP contribution in [0.3, 0.4) is 0 Å². The van der Waals surface area contributed by atoms with Gasteiger partial charge < -0.3 is 9.73 Å². The van der Waals surface area contributed by atoms with Crippen LogP contribution in [-0.4, -0.2) is 17.6 Å². The van der Waals surface area contributed by atoms with E-state index in [0.717, 1.165) is 42.6 Å². The van der Waals surface area contributed by atoms with Gasteiger partial charge in [-0.25, -0.2) is 4.98 Å². The Hall–Kier alpha value is -0.400. The summed E-state index contributed by atoms with van der Waals surface area (Å²) in [5.41, 5.74) is 1.14. The fourth-order valence-corrected chi connectivity index (χ4v) is 3.17. The smallest absolute Gasteiger partial charge is 0.194 e. The lowest BCUT2D eigenvalue weighted by atomic mass is 10.3. The average Bonchev–Trinajstić information content (AvgIpc) is 2.88. The first-order chi connectivity index (χ1) is 8.81. The molecule has 1 aliphatic rings. The van der Waals surface area contributed by atoms with Gasteiger partial charge in [-0.05, 0) is 54.5 Å². The van der Waals surface area contributed by atoms with Gasteiger partial charge >= 0.3 is 0 Å². The van der Waals surface area contributed by atoms with Crippen LogP contribution < -0.4 is 5.32 Å². The van der Waals surface area contributed by atoms with Crippen molar-refractivity contribution >= 4 is 33.9 Å². The summed E-state index contributed by atoms with van der Waals surface area (Å²) in [5, 5.41) is 5.61. The molecule has 0 aromatic carbocycles. The number of hydrogen-bond acceptors (Lipinski definition) is 4. The SMILES string of the molecule is Ic1cc(-c2cnc(CCCNC3CC3)o2)cs1. The molecule has 2 aromatic heterocycles. The number of halogens is 1. The fraction of sp³-hybridized carbons (Fsp3) is 0.462. The molecule has 0 atom stereocenters. The molecule has 0 radical (unpaired) electrons. The minimum atomic E-state index is 0.790. The van der Waals surface area contributed by atoms with Crippen molar-refractivity contribution in [1.82, 2.24) is 10.3 Å². The van der Waals surface area contributed by atoms with E-state index in [1.54, 1.807) is 11.3 Å².